The van der Waals surface area contributed by atoms with Crippen LogP contribution in [0.4, 0.5) is 14.9 Å². The topological polar surface area (TPSA) is 64.3 Å². The highest BCUT2D eigenvalue weighted by Crippen LogP contribution is 2.27. The number of hydrogen-bond acceptors (Lipinski definition) is 3. The van der Waals surface area contributed by atoms with Crippen LogP contribution in [0.5, 0.6) is 5.75 Å². The summed E-state index contributed by atoms with van der Waals surface area (Å²) < 4.78 is 17.6. The molecule has 0 aliphatic heterocycles. The second-order valence-electron chi connectivity index (χ2n) is 2.44. The van der Waals surface area contributed by atoms with Crippen molar-refractivity contribution in [1.82, 2.24) is 5.32 Å². The first-order valence-corrected chi connectivity index (χ1v) is 4.06. The van der Waals surface area contributed by atoms with Crippen molar-refractivity contribution in [1.29, 1.82) is 0 Å². The maximum Gasteiger partial charge on any atom is 0.412 e. The number of nitrogen functional groups attached to an aromatic ring is 1. The van der Waals surface area contributed by atoms with Gasteiger partial charge in [-0.25, -0.2) is 9.18 Å². The molecule has 0 saturated heterocycles. The van der Waals surface area contributed by atoms with Gasteiger partial charge in [0.15, 0.2) is 5.75 Å². The molecular formula is C8H8ClFN2O2. The van der Waals surface area contributed by atoms with E-state index in [9.17, 15) is 9.18 Å². The Morgan fingerprint density at radius 3 is 2.86 bits per heavy atom. The van der Waals surface area contributed by atoms with Gasteiger partial charge in [-0.2, -0.15) is 0 Å². The molecule has 0 unspecified atom stereocenters. The molecule has 14 heavy (non-hydrogen) atoms. The van der Waals surface area contributed by atoms with Crippen molar-refractivity contribution in [2.24, 2.45) is 0 Å². The van der Waals surface area contributed by atoms with E-state index < -0.39 is 11.9 Å². The molecule has 0 aromatic heterocycles. The second-order valence-corrected chi connectivity index (χ2v) is 2.85. The van der Waals surface area contributed by atoms with Crippen LogP contribution >= 0.6 is 11.6 Å². The summed E-state index contributed by atoms with van der Waals surface area (Å²) in [5.41, 5.74) is 5.53. The largest absolute Gasteiger partial charge is 0.412 e. The molecule has 0 bridgehead atoms. The number of rotatable bonds is 1. The molecule has 1 rings (SSSR count). The summed E-state index contributed by atoms with van der Waals surface area (Å²) in [7, 11) is 1.38. The lowest BCUT2D eigenvalue weighted by Crippen LogP contribution is -2.22. The number of nitrogens with one attached hydrogen (secondary N) is 1. The van der Waals surface area contributed by atoms with Gasteiger partial charge in [0.25, 0.3) is 0 Å². The zero-order chi connectivity index (χ0) is 10.7. The standard InChI is InChI=1S/C8H8ClFN2O2/c1-12-8(13)14-7-3-5(10)4(9)2-6(7)11/h2-3H,11H2,1H3,(H,12,13). The molecule has 76 valence electrons. The van der Waals surface area contributed by atoms with Gasteiger partial charge in [-0.1, -0.05) is 11.6 Å². The van der Waals surface area contributed by atoms with E-state index in [1.807, 2.05) is 0 Å². The summed E-state index contributed by atoms with van der Waals surface area (Å²) in [6, 6.07) is 2.13. The lowest BCUT2D eigenvalue weighted by molar-refractivity contribution is 0.203. The van der Waals surface area contributed by atoms with Gasteiger partial charge in [0, 0.05) is 13.1 Å². The van der Waals surface area contributed by atoms with Gasteiger partial charge < -0.3 is 15.8 Å². The first-order chi connectivity index (χ1) is 6.54. The Morgan fingerprint density at radius 2 is 2.29 bits per heavy atom. The highest BCUT2D eigenvalue weighted by atomic mass is 35.5. The molecule has 0 spiro atoms. The van der Waals surface area contributed by atoms with Crippen LogP contribution in [0.25, 0.3) is 0 Å². The smallest absolute Gasteiger partial charge is 0.408 e. The molecule has 0 saturated carbocycles. The van der Waals surface area contributed by atoms with Crippen LogP contribution in [0.15, 0.2) is 12.1 Å². The molecule has 4 nitrogen and oxygen atoms in total. The van der Waals surface area contributed by atoms with Crippen LogP contribution in [-0.2, 0) is 0 Å². The molecule has 1 aromatic rings. The minimum atomic E-state index is -0.724. The fourth-order valence-corrected chi connectivity index (χ4v) is 0.955. The Labute approximate surface area is 84.8 Å². The van der Waals surface area contributed by atoms with Gasteiger partial charge in [-0.05, 0) is 6.07 Å². The first kappa shape index (κ1) is 10.6. The molecule has 0 atom stereocenters. The van der Waals surface area contributed by atoms with Crippen LogP contribution in [0.2, 0.25) is 5.02 Å². The SMILES string of the molecule is CNC(=O)Oc1cc(F)c(Cl)cc1N. The number of benzene rings is 1. The van der Waals surface area contributed by atoms with Crippen molar-refractivity contribution in [3.63, 3.8) is 0 Å². The van der Waals surface area contributed by atoms with E-state index in [1.165, 1.54) is 13.1 Å². The third-order valence-corrected chi connectivity index (χ3v) is 1.75. The van der Waals surface area contributed by atoms with Crippen LogP contribution in [-0.4, -0.2) is 13.1 Å². The van der Waals surface area contributed by atoms with Crippen molar-refractivity contribution < 1.29 is 13.9 Å². The lowest BCUT2D eigenvalue weighted by Gasteiger charge is -2.06. The monoisotopic (exact) mass is 218 g/mol. The summed E-state index contributed by atoms with van der Waals surface area (Å²) in [6.07, 6.45) is -0.724. The van der Waals surface area contributed by atoms with Gasteiger partial charge >= 0.3 is 6.09 Å². The highest BCUT2D eigenvalue weighted by Gasteiger charge is 2.10. The van der Waals surface area contributed by atoms with Gasteiger partial charge in [-0.15, -0.1) is 0 Å². The van der Waals surface area contributed by atoms with E-state index in [2.05, 4.69) is 10.1 Å². The van der Waals surface area contributed by atoms with E-state index in [0.717, 1.165) is 6.07 Å². The number of anilines is 1. The Balaban J connectivity index is 2.98. The Bertz CT molecular complexity index is 371. The molecule has 0 radical (unpaired) electrons. The molecule has 0 fully saturated rings. The minimum absolute atomic E-state index is 0.0637. The summed E-state index contributed by atoms with van der Waals surface area (Å²) >= 11 is 5.45. The molecule has 0 aliphatic rings. The van der Waals surface area contributed by atoms with E-state index in [1.54, 1.807) is 0 Å². The molecule has 0 heterocycles. The zero-order valence-corrected chi connectivity index (χ0v) is 8.06. The van der Waals surface area contributed by atoms with Crippen LogP contribution in [0, 0.1) is 5.82 Å². The molecule has 0 aliphatic carbocycles. The minimum Gasteiger partial charge on any atom is -0.408 e. The third kappa shape index (κ3) is 2.26. The second kappa shape index (κ2) is 4.15. The fraction of sp³-hybridized carbons (Fsp3) is 0.125. The van der Waals surface area contributed by atoms with Gasteiger partial charge in [0.2, 0.25) is 0 Å². The predicted octanol–water partition coefficient (Wildman–Crippen LogP) is 1.78. The maximum absolute atomic E-state index is 12.9. The first-order valence-electron chi connectivity index (χ1n) is 3.68. The molecule has 3 N–H and O–H groups in total. The quantitative estimate of drug-likeness (QED) is 0.707. The van der Waals surface area contributed by atoms with Crippen LogP contribution in [0.3, 0.4) is 0 Å². The predicted molar refractivity (Wildman–Crippen MR) is 50.9 cm³/mol. The Kier molecular flexibility index (Phi) is 3.14. The van der Waals surface area contributed by atoms with Crippen molar-refractivity contribution in [3.8, 4) is 5.75 Å². The number of hydrogen-bond donors (Lipinski definition) is 2. The number of carbonyl (C=O) groups excluding carboxylic acids is 1. The summed E-state index contributed by atoms with van der Waals surface area (Å²) in [6.45, 7) is 0. The summed E-state index contributed by atoms with van der Waals surface area (Å²) in [4.78, 5) is 10.8. The Morgan fingerprint density at radius 1 is 1.64 bits per heavy atom. The Hall–Kier alpha value is -1.49. The number of halogens is 2. The molecular weight excluding hydrogens is 211 g/mol. The molecule has 1 amide bonds. The lowest BCUT2D eigenvalue weighted by atomic mass is 10.3. The van der Waals surface area contributed by atoms with E-state index in [0.29, 0.717) is 0 Å². The number of nitrogens with two attached hydrogens (primary N) is 1. The van der Waals surface area contributed by atoms with Crippen molar-refractivity contribution in [2.75, 3.05) is 12.8 Å². The molecule has 6 heteroatoms. The van der Waals surface area contributed by atoms with E-state index >= 15 is 0 Å². The van der Waals surface area contributed by atoms with Gasteiger partial charge in [-0.3, -0.25) is 0 Å². The molecule has 1 aromatic carbocycles. The van der Waals surface area contributed by atoms with Gasteiger partial charge in [0.05, 0.1) is 10.7 Å². The van der Waals surface area contributed by atoms with Gasteiger partial charge in [0.1, 0.15) is 5.82 Å². The van der Waals surface area contributed by atoms with Crippen molar-refractivity contribution in [3.05, 3.63) is 23.0 Å². The number of carbonyl (C=O) groups is 1. The summed E-state index contributed by atoms with van der Waals surface area (Å²) in [5, 5.41) is 2.08. The zero-order valence-electron chi connectivity index (χ0n) is 7.30. The normalized spacial score (nSPS) is 9.64. The summed E-state index contributed by atoms with van der Waals surface area (Å²) in [5.74, 6) is -0.758. The van der Waals surface area contributed by atoms with Crippen LogP contribution < -0.4 is 15.8 Å². The van der Waals surface area contributed by atoms with Crippen LogP contribution in [0.1, 0.15) is 0 Å². The third-order valence-electron chi connectivity index (χ3n) is 1.46. The maximum atomic E-state index is 12.9. The van der Waals surface area contributed by atoms with Crippen molar-refractivity contribution >= 4 is 23.4 Å². The average molecular weight is 219 g/mol. The number of amides is 1. The van der Waals surface area contributed by atoms with E-state index in [-0.39, 0.29) is 16.5 Å². The fourth-order valence-electron chi connectivity index (χ4n) is 0.783. The van der Waals surface area contributed by atoms with E-state index in [4.69, 9.17) is 17.3 Å². The van der Waals surface area contributed by atoms with Crippen molar-refractivity contribution in [2.45, 2.75) is 0 Å². The number of ether oxygens (including phenoxy) is 1. The highest BCUT2D eigenvalue weighted by molar-refractivity contribution is 6.31. The average Bonchev–Trinajstić information content (AvgIpc) is 2.14.